The van der Waals surface area contributed by atoms with Gasteiger partial charge in [0.1, 0.15) is 0 Å². The van der Waals surface area contributed by atoms with Crippen LogP contribution in [0.15, 0.2) is 12.4 Å². The average molecular weight is 210 g/mol. The Bertz CT molecular complexity index is 267. The molecule has 1 aromatic heterocycles. The average Bonchev–Trinajstić information content (AvgIpc) is 2.57. The molecule has 0 fully saturated rings. The highest BCUT2D eigenvalue weighted by Crippen LogP contribution is 2.04. The minimum absolute atomic E-state index is 0.752. The third-order valence-electron chi connectivity index (χ3n) is 2.40. The topological polar surface area (TPSA) is 47.1 Å². The van der Waals surface area contributed by atoms with Crippen LogP contribution in [0.25, 0.3) is 0 Å². The van der Waals surface area contributed by atoms with Crippen LogP contribution < -0.4 is 5.73 Å². The summed E-state index contributed by atoms with van der Waals surface area (Å²) in [5.41, 5.74) is 6.33. The molecule has 0 saturated heterocycles. The lowest BCUT2D eigenvalue weighted by molar-refractivity contribution is 0.388. The van der Waals surface area contributed by atoms with Crippen LogP contribution in [0, 0.1) is 0 Å². The number of nitrogens with zero attached hydrogens (tertiary/aromatic N) is 3. The van der Waals surface area contributed by atoms with Crippen molar-refractivity contribution in [3.63, 3.8) is 0 Å². The number of aryl methyl sites for hydroxylation is 1. The highest BCUT2D eigenvalue weighted by atomic mass is 15.3. The molecule has 0 aliphatic heterocycles. The molecule has 0 saturated carbocycles. The minimum atomic E-state index is 0.752. The van der Waals surface area contributed by atoms with Crippen LogP contribution in [0.3, 0.4) is 0 Å². The zero-order chi connectivity index (χ0) is 11.1. The number of rotatable bonds is 7. The largest absolute Gasteiger partial charge is 0.396 e. The van der Waals surface area contributed by atoms with Crippen LogP contribution in [-0.4, -0.2) is 35.3 Å². The number of nitrogen functional groups attached to an aromatic ring is 1. The van der Waals surface area contributed by atoms with Gasteiger partial charge in [0.05, 0.1) is 11.9 Å². The molecule has 0 aliphatic rings. The first-order valence-corrected chi connectivity index (χ1v) is 5.61. The Labute approximate surface area is 92.1 Å². The van der Waals surface area contributed by atoms with Crippen molar-refractivity contribution >= 4 is 5.69 Å². The van der Waals surface area contributed by atoms with Crippen molar-refractivity contribution < 1.29 is 0 Å². The van der Waals surface area contributed by atoms with E-state index in [1.807, 2.05) is 10.9 Å². The van der Waals surface area contributed by atoms with Crippen LogP contribution in [0.1, 0.15) is 25.7 Å². The van der Waals surface area contributed by atoms with Gasteiger partial charge in [-0.2, -0.15) is 5.10 Å². The number of aromatic nitrogens is 2. The van der Waals surface area contributed by atoms with Crippen LogP contribution in [0.4, 0.5) is 5.69 Å². The van der Waals surface area contributed by atoms with Crippen molar-refractivity contribution in [3.05, 3.63) is 12.4 Å². The van der Waals surface area contributed by atoms with Gasteiger partial charge in [0.25, 0.3) is 0 Å². The Balaban J connectivity index is 1.98. The molecule has 0 unspecified atom stereocenters. The normalized spacial score (nSPS) is 11.1. The van der Waals surface area contributed by atoms with Gasteiger partial charge in [0.2, 0.25) is 0 Å². The maximum Gasteiger partial charge on any atom is 0.0719 e. The molecule has 0 bridgehead atoms. The molecule has 2 N–H and O–H groups in total. The molecule has 0 atom stereocenters. The van der Waals surface area contributed by atoms with E-state index in [0.717, 1.165) is 12.2 Å². The summed E-state index contributed by atoms with van der Waals surface area (Å²) >= 11 is 0. The van der Waals surface area contributed by atoms with E-state index in [2.05, 4.69) is 24.1 Å². The highest BCUT2D eigenvalue weighted by Gasteiger charge is 1.95. The number of hydrogen-bond acceptors (Lipinski definition) is 3. The highest BCUT2D eigenvalue weighted by molar-refractivity contribution is 5.30. The maximum absolute atomic E-state index is 5.57. The van der Waals surface area contributed by atoms with E-state index < -0.39 is 0 Å². The van der Waals surface area contributed by atoms with Crippen molar-refractivity contribution in [2.45, 2.75) is 32.2 Å². The van der Waals surface area contributed by atoms with Gasteiger partial charge < -0.3 is 10.6 Å². The van der Waals surface area contributed by atoms with Gasteiger partial charge in [0.15, 0.2) is 0 Å². The first-order chi connectivity index (χ1) is 7.18. The lowest BCUT2D eigenvalue weighted by Crippen LogP contribution is -2.12. The lowest BCUT2D eigenvalue weighted by atomic mass is 10.2. The second-order valence-electron chi connectivity index (χ2n) is 4.25. The third kappa shape index (κ3) is 5.42. The smallest absolute Gasteiger partial charge is 0.0719 e. The Morgan fingerprint density at radius 2 is 2.00 bits per heavy atom. The van der Waals surface area contributed by atoms with E-state index >= 15 is 0 Å². The molecule has 4 nitrogen and oxygen atoms in total. The summed E-state index contributed by atoms with van der Waals surface area (Å²) in [6, 6.07) is 0. The fourth-order valence-electron chi connectivity index (χ4n) is 1.56. The Morgan fingerprint density at radius 1 is 1.27 bits per heavy atom. The zero-order valence-corrected chi connectivity index (χ0v) is 9.82. The molecule has 86 valence electrons. The molecule has 1 heterocycles. The molecule has 4 heteroatoms. The molecular weight excluding hydrogens is 188 g/mol. The molecule has 1 aromatic rings. The van der Waals surface area contributed by atoms with E-state index in [1.54, 1.807) is 6.20 Å². The Kier molecular flexibility index (Phi) is 5.18. The summed E-state index contributed by atoms with van der Waals surface area (Å²) in [6.07, 6.45) is 8.64. The van der Waals surface area contributed by atoms with Crippen LogP contribution in [0.2, 0.25) is 0 Å². The molecule has 1 rings (SSSR count). The van der Waals surface area contributed by atoms with E-state index in [1.165, 1.54) is 32.2 Å². The molecule has 0 radical (unpaired) electrons. The molecule has 0 aliphatic carbocycles. The van der Waals surface area contributed by atoms with Crippen molar-refractivity contribution in [1.29, 1.82) is 0 Å². The van der Waals surface area contributed by atoms with Gasteiger partial charge in [-0.15, -0.1) is 0 Å². The van der Waals surface area contributed by atoms with E-state index in [0.29, 0.717) is 0 Å². The first-order valence-electron chi connectivity index (χ1n) is 5.61. The van der Waals surface area contributed by atoms with Gasteiger partial charge >= 0.3 is 0 Å². The van der Waals surface area contributed by atoms with Gasteiger partial charge in [-0.25, -0.2) is 0 Å². The number of nitrogens with two attached hydrogens (primary N) is 1. The summed E-state index contributed by atoms with van der Waals surface area (Å²) in [4.78, 5) is 2.23. The summed E-state index contributed by atoms with van der Waals surface area (Å²) in [5.74, 6) is 0. The Hall–Kier alpha value is -1.03. The molecule has 0 spiro atoms. The quantitative estimate of drug-likeness (QED) is 0.695. The van der Waals surface area contributed by atoms with Gasteiger partial charge in [0, 0.05) is 12.7 Å². The maximum atomic E-state index is 5.57. The zero-order valence-electron chi connectivity index (χ0n) is 9.82. The molecular formula is C11H22N4. The predicted molar refractivity (Wildman–Crippen MR) is 63.7 cm³/mol. The molecule has 15 heavy (non-hydrogen) atoms. The van der Waals surface area contributed by atoms with Gasteiger partial charge in [-0.3, -0.25) is 4.68 Å². The minimum Gasteiger partial charge on any atom is -0.396 e. The van der Waals surface area contributed by atoms with E-state index in [9.17, 15) is 0 Å². The van der Waals surface area contributed by atoms with Crippen molar-refractivity contribution in [2.24, 2.45) is 0 Å². The van der Waals surface area contributed by atoms with Crippen molar-refractivity contribution in [1.82, 2.24) is 14.7 Å². The van der Waals surface area contributed by atoms with Crippen LogP contribution in [0.5, 0.6) is 0 Å². The monoisotopic (exact) mass is 210 g/mol. The number of hydrogen-bond donors (Lipinski definition) is 1. The third-order valence-corrected chi connectivity index (χ3v) is 2.40. The summed E-state index contributed by atoms with van der Waals surface area (Å²) < 4.78 is 1.92. The first kappa shape index (κ1) is 12.0. The number of unbranched alkanes of at least 4 members (excludes halogenated alkanes) is 3. The Morgan fingerprint density at radius 3 is 2.60 bits per heavy atom. The van der Waals surface area contributed by atoms with Crippen LogP contribution in [-0.2, 0) is 6.54 Å². The summed E-state index contributed by atoms with van der Waals surface area (Å²) in [7, 11) is 4.24. The van der Waals surface area contributed by atoms with Crippen LogP contribution >= 0.6 is 0 Å². The van der Waals surface area contributed by atoms with Gasteiger partial charge in [-0.1, -0.05) is 12.8 Å². The summed E-state index contributed by atoms with van der Waals surface area (Å²) in [6.45, 7) is 2.17. The van der Waals surface area contributed by atoms with Crippen molar-refractivity contribution in [2.75, 3.05) is 26.4 Å². The molecule has 0 amide bonds. The fourth-order valence-corrected chi connectivity index (χ4v) is 1.56. The van der Waals surface area contributed by atoms with E-state index in [-0.39, 0.29) is 0 Å². The standard InChI is InChI=1S/C11H22N4/c1-14(2)7-5-3-4-6-8-15-10-11(12)9-13-15/h9-10H,3-8,12H2,1-2H3. The van der Waals surface area contributed by atoms with Gasteiger partial charge in [-0.05, 0) is 33.5 Å². The lowest BCUT2D eigenvalue weighted by Gasteiger charge is -2.08. The van der Waals surface area contributed by atoms with Crippen molar-refractivity contribution in [3.8, 4) is 0 Å². The SMILES string of the molecule is CN(C)CCCCCCn1cc(N)cn1. The predicted octanol–water partition coefficient (Wildman–Crippen LogP) is 1.59. The second kappa shape index (κ2) is 6.45. The summed E-state index contributed by atoms with van der Waals surface area (Å²) in [5, 5.41) is 4.15. The number of anilines is 1. The fraction of sp³-hybridized carbons (Fsp3) is 0.727. The second-order valence-corrected chi connectivity index (χ2v) is 4.25. The van der Waals surface area contributed by atoms with E-state index in [4.69, 9.17) is 5.73 Å². The molecule has 0 aromatic carbocycles.